The van der Waals surface area contributed by atoms with Crippen LogP contribution in [0.5, 0.6) is 0 Å². The van der Waals surface area contributed by atoms with Crippen LogP contribution < -0.4 is 10.9 Å². The zero-order valence-electron chi connectivity index (χ0n) is 15.8. The van der Waals surface area contributed by atoms with E-state index in [1.807, 2.05) is 42.0 Å². The lowest BCUT2D eigenvalue weighted by atomic mass is 10.3. The third kappa shape index (κ3) is 4.57. The second kappa shape index (κ2) is 9.26. The van der Waals surface area contributed by atoms with Crippen molar-refractivity contribution in [1.29, 1.82) is 0 Å². The van der Waals surface area contributed by atoms with Crippen LogP contribution in [-0.4, -0.2) is 27.5 Å². The van der Waals surface area contributed by atoms with Crippen molar-refractivity contribution in [2.45, 2.75) is 10.1 Å². The Hall–Kier alpha value is -2.26. The maximum absolute atomic E-state index is 13.1. The number of halogens is 1. The highest BCUT2D eigenvalue weighted by atomic mass is 35.5. The first-order valence-electron chi connectivity index (χ1n) is 8.88. The Labute approximate surface area is 190 Å². The molecule has 30 heavy (non-hydrogen) atoms. The highest BCUT2D eigenvalue weighted by Crippen LogP contribution is 2.25. The van der Waals surface area contributed by atoms with Gasteiger partial charge in [-0.15, -0.1) is 23.1 Å². The third-order valence-corrected chi connectivity index (χ3v) is 7.03. The van der Waals surface area contributed by atoms with Gasteiger partial charge in [-0.3, -0.25) is 14.2 Å². The van der Waals surface area contributed by atoms with E-state index in [1.165, 1.54) is 27.7 Å². The number of thiophene rings is 1. The topological polar surface area (TPSA) is 64.0 Å². The van der Waals surface area contributed by atoms with Gasteiger partial charge in [0.15, 0.2) is 5.16 Å². The van der Waals surface area contributed by atoms with Gasteiger partial charge in [0.2, 0.25) is 5.91 Å². The molecule has 0 bridgehead atoms. The van der Waals surface area contributed by atoms with Crippen LogP contribution >= 0.6 is 46.5 Å². The van der Waals surface area contributed by atoms with Gasteiger partial charge in [0.1, 0.15) is 4.70 Å². The van der Waals surface area contributed by atoms with Crippen LogP contribution in [0.3, 0.4) is 0 Å². The normalized spacial score (nSPS) is 11.0. The minimum absolute atomic E-state index is 0.124. The monoisotopic (exact) mass is 473 g/mol. The number of carbonyl (C=O) groups excluding carboxylic acids is 1. The van der Waals surface area contributed by atoms with Crippen LogP contribution in [-0.2, 0) is 4.79 Å². The number of carbonyl (C=O) groups is 1. The molecule has 0 saturated carbocycles. The fourth-order valence-electron chi connectivity index (χ4n) is 2.83. The molecule has 0 spiro atoms. The number of hydrogen-bond acceptors (Lipinski definition) is 6. The van der Waals surface area contributed by atoms with E-state index in [4.69, 9.17) is 11.6 Å². The van der Waals surface area contributed by atoms with Crippen molar-refractivity contribution in [3.05, 3.63) is 75.4 Å². The second-order valence-electron chi connectivity index (χ2n) is 6.22. The third-order valence-electron chi connectivity index (χ3n) is 4.22. The highest BCUT2D eigenvalue weighted by Gasteiger charge is 2.16. The molecular formula is C21H16ClN3O2S3. The van der Waals surface area contributed by atoms with Crippen LogP contribution in [0.15, 0.2) is 74.8 Å². The van der Waals surface area contributed by atoms with Gasteiger partial charge in [-0.1, -0.05) is 29.4 Å². The van der Waals surface area contributed by atoms with E-state index in [-0.39, 0.29) is 17.2 Å². The van der Waals surface area contributed by atoms with E-state index in [1.54, 1.807) is 36.0 Å². The Kier molecular flexibility index (Phi) is 6.48. The minimum Gasteiger partial charge on any atom is -0.325 e. The Balaban J connectivity index is 1.61. The van der Waals surface area contributed by atoms with Gasteiger partial charge in [0, 0.05) is 15.6 Å². The molecule has 4 rings (SSSR count). The first-order valence-corrected chi connectivity index (χ1v) is 12.3. The number of hydrogen-bond donors (Lipinski definition) is 1. The molecule has 0 aliphatic heterocycles. The fourth-order valence-corrected chi connectivity index (χ4v) is 4.99. The highest BCUT2D eigenvalue weighted by molar-refractivity contribution is 7.99. The minimum atomic E-state index is -0.166. The molecule has 1 N–H and O–H groups in total. The van der Waals surface area contributed by atoms with Gasteiger partial charge in [-0.05, 0) is 60.2 Å². The number of aromatic nitrogens is 2. The predicted molar refractivity (Wildman–Crippen MR) is 128 cm³/mol. The van der Waals surface area contributed by atoms with E-state index >= 15 is 0 Å². The summed E-state index contributed by atoms with van der Waals surface area (Å²) in [6.45, 7) is 0. The number of amides is 1. The first kappa shape index (κ1) is 21.0. The summed E-state index contributed by atoms with van der Waals surface area (Å²) in [5, 5.41) is 5.78. The van der Waals surface area contributed by atoms with Gasteiger partial charge in [0.05, 0.1) is 17.0 Å². The molecule has 0 aliphatic carbocycles. The Morgan fingerprint density at radius 3 is 2.77 bits per heavy atom. The number of benzene rings is 2. The lowest BCUT2D eigenvalue weighted by Gasteiger charge is -2.12. The Bertz CT molecular complexity index is 1270. The summed E-state index contributed by atoms with van der Waals surface area (Å²) < 4.78 is 2.11. The molecule has 5 nitrogen and oxygen atoms in total. The number of anilines is 1. The van der Waals surface area contributed by atoms with E-state index in [9.17, 15) is 9.59 Å². The zero-order valence-corrected chi connectivity index (χ0v) is 19.0. The Morgan fingerprint density at radius 2 is 2.00 bits per heavy atom. The Morgan fingerprint density at radius 1 is 1.20 bits per heavy atom. The van der Waals surface area contributed by atoms with Crippen molar-refractivity contribution >= 4 is 68.3 Å². The molecule has 0 fully saturated rings. The number of nitrogens with one attached hydrogen (secondary N) is 1. The molecule has 4 aromatic rings. The van der Waals surface area contributed by atoms with Crippen molar-refractivity contribution in [2.24, 2.45) is 0 Å². The van der Waals surface area contributed by atoms with Crippen LogP contribution in [0.1, 0.15) is 0 Å². The largest absolute Gasteiger partial charge is 0.325 e. The summed E-state index contributed by atoms with van der Waals surface area (Å²) >= 11 is 10.2. The van der Waals surface area contributed by atoms with Crippen LogP contribution in [0, 0.1) is 0 Å². The molecular weight excluding hydrogens is 458 g/mol. The molecule has 9 heteroatoms. The molecule has 2 aromatic heterocycles. The number of thioether (sulfide) groups is 2. The predicted octanol–water partition coefficient (Wildman–Crippen LogP) is 5.55. The lowest BCUT2D eigenvalue weighted by molar-refractivity contribution is -0.113. The smallest absolute Gasteiger partial charge is 0.276 e. The van der Waals surface area contributed by atoms with Gasteiger partial charge < -0.3 is 5.32 Å². The molecule has 2 heterocycles. The number of fused-ring (bicyclic) bond motifs is 1. The first-order chi connectivity index (χ1) is 14.5. The quantitative estimate of drug-likeness (QED) is 0.293. The van der Waals surface area contributed by atoms with E-state index in [0.717, 1.165) is 10.6 Å². The van der Waals surface area contributed by atoms with Crippen molar-refractivity contribution in [1.82, 2.24) is 9.55 Å². The van der Waals surface area contributed by atoms with Crippen molar-refractivity contribution in [3.8, 4) is 5.69 Å². The summed E-state index contributed by atoms with van der Waals surface area (Å²) in [7, 11) is 0. The molecule has 0 saturated heterocycles. The standard InChI is InChI=1S/C21H16ClN3O2S3/c1-28-16-4-2-3-14(11-16)23-18(26)12-30-21-24-17-9-10-29-19(17)20(27)25(21)15-7-5-13(22)6-8-15/h2-11H,12H2,1H3,(H,23,26). The van der Waals surface area contributed by atoms with Crippen LogP contribution in [0.4, 0.5) is 5.69 Å². The van der Waals surface area contributed by atoms with E-state index in [2.05, 4.69) is 10.3 Å². The molecule has 0 unspecified atom stereocenters. The molecule has 0 atom stereocenters. The fraction of sp³-hybridized carbons (Fsp3) is 0.0952. The second-order valence-corrected chi connectivity index (χ2v) is 9.39. The maximum Gasteiger partial charge on any atom is 0.276 e. The molecule has 0 aliphatic rings. The summed E-state index contributed by atoms with van der Waals surface area (Å²) in [6.07, 6.45) is 1.99. The molecule has 152 valence electrons. The van der Waals surface area contributed by atoms with E-state index in [0.29, 0.717) is 26.1 Å². The van der Waals surface area contributed by atoms with Crippen molar-refractivity contribution in [3.63, 3.8) is 0 Å². The maximum atomic E-state index is 13.1. The summed E-state index contributed by atoms with van der Waals surface area (Å²) in [5.74, 6) is -0.0420. The summed E-state index contributed by atoms with van der Waals surface area (Å²) in [6, 6.07) is 16.5. The van der Waals surface area contributed by atoms with E-state index < -0.39 is 0 Å². The van der Waals surface area contributed by atoms with Gasteiger partial charge in [-0.25, -0.2) is 4.98 Å². The van der Waals surface area contributed by atoms with Crippen LogP contribution in [0.2, 0.25) is 5.02 Å². The van der Waals surface area contributed by atoms with Gasteiger partial charge in [-0.2, -0.15) is 0 Å². The van der Waals surface area contributed by atoms with Crippen molar-refractivity contribution in [2.75, 3.05) is 17.3 Å². The number of rotatable bonds is 6. The SMILES string of the molecule is CSc1cccc(NC(=O)CSc2nc3ccsc3c(=O)n2-c2ccc(Cl)cc2)c1. The lowest BCUT2D eigenvalue weighted by Crippen LogP contribution is -2.22. The van der Waals surface area contributed by atoms with Gasteiger partial charge >= 0.3 is 0 Å². The molecule has 2 aromatic carbocycles. The summed E-state index contributed by atoms with van der Waals surface area (Å²) in [4.78, 5) is 31.3. The molecule has 1 amide bonds. The van der Waals surface area contributed by atoms with Gasteiger partial charge in [0.25, 0.3) is 5.56 Å². The van der Waals surface area contributed by atoms with Crippen molar-refractivity contribution < 1.29 is 4.79 Å². The summed E-state index contributed by atoms with van der Waals surface area (Å²) in [5.41, 5.74) is 1.87. The number of nitrogens with zero attached hydrogens (tertiary/aromatic N) is 2. The zero-order chi connectivity index (χ0) is 21.1. The average Bonchev–Trinajstić information content (AvgIpc) is 3.22. The average molecular weight is 474 g/mol. The van der Waals surface area contributed by atoms with Crippen LogP contribution in [0.25, 0.3) is 15.9 Å². The molecule has 0 radical (unpaired) electrons.